The number of anilines is 1. The number of rotatable bonds is 2. The summed E-state index contributed by atoms with van der Waals surface area (Å²) in [4.78, 5) is 13.6. The molecule has 0 aliphatic rings. The van der Waals surface area contributed by atoms with Crippen LogP contribution in [0.25, 0.3) is 0 Å². The third-order valence-corrected chi connectivity index (χ3v) is 2.53. The summed E-state index contributed by atoms with van der Waals surface area (Å²) in [5.74, 6) is -0.177. The molecule has 1 N–H and O–H groups in total. The standard InChI is InChI=1S/C12H14N4O/c1-8-4-9(2)6-10(5-8)16(3)12(17)11-7-13-15-14-11/h4-7H,1-3H3,(H,13,14,15). The van der Waals surface area contributed by atoms with Crippen LogP contribution in [0.5, 0.6) is 0 Å². The third kappa shape index (κ3) is 2.33. The Hall–Kier alpha value is -2.17. The Morgan fingerprint density at radius 1 is 1.24 bits per heavy atom. The van der Waals surface area contributed by atoms with E-state index in [4.69, 9.17) is 0 Å². The topological polar surface area (TPSA) is 61.9 Å². The molecule has 88 valence electrons. The fraction of sp³-hybridized carbons (Fsp3) is 0.250. The fourth-order valence-corrected chi connectivity index (χ4v) is 1.74. The molecule has 0 bridgehead atoms. The van der Waals surface area contributed by atoms with Crippen molar-refractivity contribution in [1.82, 2.24) is 15.4 Å². The molecule has 0 aliphatic carbocycles. The maximum atomic E-state index is 12.0. The summed E-state index contributed by atoms with van der Waals surface area (Å²) < 4.78 is 0. The lowest BCUT2D eigenvalue weighted by Crippen LogP contribution is -2.26. The van der Waals surface area contributed by atoms with Crippen molar-refractivity contribution in [1.29, 1.82) is 0 Å². The van der Waals surface area contributed by atoms with Crippen LogP contribution < -0.4 is 4.90 Å². The van der Waals surface area contributed by atoms with Crippen LogP contribution in [0.2, 0.25) is 0 Å². The Morgan fingerprint density at radius 2 is 1.88 bits per heavy atom. The molecule has 0 spiro atoms. The summed E-state index contributed by atoms with van der Waals surface area (Å²) in [7, 11) is 1.73. The van der Waals surface area contributed by atoms with E-state index >= 15 is 0 Å². The van der Waals surface area contributed by atoms with Crippen molar-refractivity contribution in [2.75, 3.05) is 11.9 Å². The summed E-state index contributed by atoms with van der Waals surface area (Å²) in [6, 6.07) is 5.99. The van der Waals surface area contributed by atoms with Crippen molar-refractivity contribution >= 4 is 11.6 Å². The highest BCUT2D eigenvalue weighted by atomic mass is 16.2. The highest BCUT2D eigenvalue weighted by molar-refractivity contribution is 6.04. The number of carbonyl (C=O) groups excluding carboxylic acids is 1. The summed E-state index contributed by atoms with van der Waals surface area (Å²) >= 11 is 0. The molecule has 0 radical (unpaired) electrons. The van der Waals surface area contributed by atoms with Crippen molar-refractivity contribution in [3.63, 3.8) is 0 Å². The Labute approximate surface area is 99.5 Å². The lowest BCUT2D eigenvalue weighted by Gasteiger charge is -2.17. The molecule has 0 atom stereocenters. The van der Waals surface area contributed by atoms with Crippen LogP contribution in [-0.2, 0) is 0 Å². The number of hydrogen-bond donors (Lipinski definition) is 1. The maximum Gasteiger partial charge on any atom is 0.280 e. The highest BCUT2D eigenvalue weighted by Gasteiger charge is 2.16. The summed E-state index contributed by atoms with van der Waals surface area (Å²) in [6.07, 6.45) is 1.42. The first-order valence-electron chi connectivity index (χ1n) is 5.30. The first-order chi connectivity index (χ1) is 8.08. The van der Waals surface area contributed by atoms with E-state index < -0.39 is 0 Å². The van der Waals surface area contributed by atoms with Gasteiger partial charge >= 0.3 is 0 Å². The number of aryl methyl sites for hydroxylation is 2. The second-order valence-electron chi connectivity index (χ2n) is 4.07. The number of carbonyl (C=O) groups is 1. The normalized spacial score (nSPS) is 10.3. The van der Waals surface area contributed by atoms with Crippen LogP contribution in [-0.4, -0.2) is 28.4 Å². The van der Waals surface area contributed by atoms with Crippen molar-refractivity contribution in [3.8, 4) is 0 Å². The molecule has 0 saturated carbocycles. The van der Waals surface area contributed by atoms with Gasteiger partial charge in [-0.15, -0.1) is 0 Å². The molecule has 0 fully saturated rings. The van der Waals surface area contributed by atoms with Gasteiger partial charge in [0.1, 0.15) is 0 Å². The molecule has 5 heteroatoms. The molecule has 17 heavy (non-hydrogen) atoms. The lowest BCUT2D eigenvalue weighted by molar-refractivity contribution is 0.0988. The van der Waals surface area contributed by atoms with Gasteiger partial charge in [-0.25, -0.2) is 0 Å². The summed E-state index contributed by atoms with van der Waals surface area (Å²) in [5, 5.41) is 9.84. The number of amides is 1. The zero-order valence-corrected chi connectivity index (χ0v) is 10.1. The molecule has 5 nitrogen and oxygen atoms in total. The number of nitrogens with one attached hydrogen (secondary N) is 1. The van der Waals surface area contributed by atoms with E-state index in [0.29, 0.717) is 5.69 Å². The third-order valence-electron chi connectivity index (χ3n) is 2.53. The smallest absolute Gasteiger partial charge is 0.280 e. The molecule has 1 heterocycles. The number of H-pyrrole nitrogens is 1. The molecule has 1 aromatic carbocycles. The van der Waals surface area contributed by atoms with Crippen LogP contribution >= 0.6 is 0 Å². The van der Waals surface area contributed by atoms with Gasteiger partial charge in [-0.2, -0.15) is 15.4 Å². The van der Waals surface area contributed by atoms with Crippen molar-refractivity contribution in [3.05, 3.63) is 41.2 Å². The largest absolute Gasteiger partial charge is 0.310 e. The summed E-state index contributed by atoms with van der Waals surface area (Å²) in [6.45, 7) is 4.01. The molecule has 2 aromatic rings. The second kappa shape index (κ2) is 4.37. The fourth-order valence-electron chi connectivity index (χ4n) is 1.74. The minimum Gasteiger partial charge on any atom is -0.310 e. The number of aromatic nitrogens is 3. The van der Waals surface area contributed by atoms with Gasteiger partial charge in [0, 0.05) is 12.7 Å². The molecule has 0 unspecified atom stereocenters. The van der Waals surface area contributed by atoms with Gasteiger partial charge in [0.05, 0.1) is 6.20 Å². The van der Waals surface area contributed by atoms with Gasteiger partial charge in [0.15, 0.2) is 5.69 Å². The van der Waals surface area contributed by atoms with Crippen molar-refractivity contribution in [2.24, 2.45) is 0 Å². The van der Waals surface area contributed by atoms with E-state index in [2.05, 4.69) is 21.5 Å². The van der Waals surface area contributed by atoms with E-state index in [-0.39, 0.29) is 5.91 Å². The minimum absolute atomic E-state index is 0.177. The predicted octanol–water partition coefficient (Wildman–Crippen LogP) is 1.70. The Bertz CT molecular complexity index is 513. The lowest BCUT2D eigenvalue weighted by atomic mass is 10.1. The van der Waals surface area contributed by atoms with Gasteiger partial charge in [-0.1, -0.05) is 6.07 Å². The number of aromatic amines is 1. The van der Waals surface area contributed by atoms with Crippen LogP contribution in [0.4, 0.5) is 5.69 Å². The van der Waals surface area contributed by atoms with Crippen molar-refractivity contribution in [2.45, 2.75) is 13.8 Å². The first kappa shape index (κ1) is 11.3. The van der Waals surface area contributed by atoms with E-state index in [1.165, 1.54) is 6.20 Å². The average molecular weight is 230 g/mol. The van der Waals surface area contributed by atoms with Crippen LogP contribution in [0.3, 0.4) is 0 Å². The quantitative estimate of drug-likeness (QED) is 0.854. The van der Waals surface area contributed by atoms with Gasteiger partial charge in [-0.05, 0) is 37.1 Å². The van der Waals surface area contributed by atoms with E-state index in [0.717, 1.165) is 16.8 Å². The molecule has 0 saturated heterocycles. The Morgan fingerprint density at radius 3 is 2.41 bits per heavy atom. The van der Waals surface area contributed by atoms with Crippen LogP contribution in [0.15, 0.2) is 24.4 Å². The minimum atomic E-state index is -0.177. The SMILES string of the molecule is Cc1cc(C)cc(N(C)C(=O)c2cn[nH]n2)c1. The van der Waals surface area contributed by atoms with E-state index in [1.54, 1.807) is 11.9 Å². The molecular weight excluding hydrogens is 216 g/mol. The molecule has 1 amide bonds. The molecule has 1 aromatic heterocycles. The van der Waals surface area contributed by atoms with Gasteiger partial charge in [-0.3, -0.25) is 4.79 Å². The second-order valence-corrected chi connectivity index (χ2v) is 4.07. The van der Waals surface area contributed by atoms with E-state index in [9.17, 15) is 4.79 Å². The molecular formula is C12H14N4O. The van der Waals surface area contributed by atoms with Crippen LogP contribution in [0, 0.1) is 13.8 Å². The average Bonchev–Trinajstić information content (AvgIpc) is 2.79. The Balaban J connectivity index is 2.31. The number of benzene rings is 1. The summed E-state index contributed by atoms with van der Waals surface area (Å²) in [5.41, 5.74) is 3.42. The Kier molecular flexibility index (Phi) is 2.91. The molecule has 2 rings (SSSR count). The predicted molar refractivity (Wildman–Crippen MR) is 65.0 cm³/mol. The zero-order chi connectivity index (χ0) is 12.4. The molecule has 0 aliphatic heterocycles. The highest BCUT2D eigenvalue weighted by Crippen LogP contribution is 2.18. The van der Waals surface area contributed by atoms with Crippen molar-refractivity contribution < 1.29 is 4.79 Å². The van der Waals surface area contributed by atoms with E-state index in [1.807, 2.05) is 26.0 Å². The van der Waals surface area contributed by atoms with Crippen LogP contribution in [0.1, 0.15) is 21.6 Å². The van der Waals surface area contributed by atoms with Gasteiger partial charge in [0.25, 0.3) is 5.91 Å². The maximum absolute atomic E-state index is 12.0. The van der Waals surface area contributed by atoms with Gasteiger partial charge in [0.2, 0.25) is 0 Å². The monoisotopic (exact) mass is 230 g/mol. The number of nitrogens with zero attached hydrogens (tertiary/aromatic N) is 3. The van der Waals surface area contributed by atoms with Gasteiger partial charge < -0.3 is 4.90 Å². The first-order valence-corrected chi connectivity index (χ1v) is 5.30. The number of hydrogen-bond acceptors (Lipinski definition) is 3. The zero-order valence-electron chi connectivity index (χ0n) is 10.1.